The molecule has 0 radical (unpaired) electrons. The molecule has 5 heteroatoms. The minimum absolute atomic E-state index is 0.0551. The number of carbonyl (C=O) groups is 1. The van der Waals surface area contributed by atoms with Crippen molar-refractivity contribution in [3.8, 4) is 0 Å². The van der Waals surface area contributed by atoms with Gasteiger partial charge in [0.25, 0.3) is 5.91 Å². The van der Waals surface area contributed by atoms with E-state index in [1.54, 1.807) is 17.7 Å². The fourth-order valence-electron chi connectivity index (χ4n) is 1.32. The van der Waals surface area contributed by atoms with Crippen LogP contribution in [0, 0.1) is 6.92 Å². The minimum Gasteiger partial charge on any atom is -0.394 e. The van der Waals surface area contributed by atoms with Crippen molar-refractivity contribution < 1.29 is 15.0 Å². The van der Waals surface area contributed by atoms with Gasteiger partial charge in [0.15, 0.2) is 0 Å². The molecule has 0 fully saturated rings. The van der Waals surface area contributed by atoms with Crippen molar-refractivity contribution in [2.24, 2.45) is 7.05 Å². The molecule has 0 saturated heterocycles. The van der Waals surface area contributed by atoms with Crippen LogP contribution in [0.5, 0.6) is 0 Å². The summed E-state index contributed by atoms with van der Waals surface area (Å²) in [5.74, 6) is -0.252. The van der Waals surface area contributed by atoms with Crippen LogP contribution in [0.1, 0.15) is 16.1 Å². The van der Waals surface area contributed by atoms with E-state index < -0.39 is 6.10 Å². The van der Waals surface area contributed by atoms with Gasteiger partial charge in [0.2, 0.25) is 0 Å². The Kier molecular flexibility index (Phi) is 3.88. The van der Waals surface area contributed by atoms with Crippen LogP contribution in [0.4, 0.5) is 0 Å². The fourth-order valence-corrected chi connectivity index (χ4v) is 1.32. The van der Waals surface area contributed by atoms with E-state index in [-0.39, 0.29) is 19.1 Å². The highest BCUT2D eigenvalue weighted by molar-refractivity contribution is 5.92. The van der Waals surface area contributed by atoms with Crippen LogP contribution in [0.3, 0.4) is 0 Å². The molecule has 0 aromatic carbocycles. The quantitative estimate of drug-likeness (QED) is 0.625. The Morgan fingerprint density at radius 3 is 2.80 bits per heavy atom. The van der Waals surface area contributed by atoms with E-state index >= 15 is 0 Å². The van der Waals surface area contributed by atoms with Gasteiger partial charge < -0.3 is 20.1 Å². The lowest BCUT2D eigenvalue weighted by Crippen LogP contribution is -2.34. The van der Waals surface area contributed by atoms with Crippen LogP contribution in [-0.4, -0.2) is 39.9 Å². The van der Waals surface area contributed by atoms with E-state index in [4.69, 9.17) is 10.2 Å². The number of aryl methyl sites for hydroxylation is 2. The normalized spacial score (nSPS) is 12.5. The van der Waals surface area contributed by atoms with E-state index in [2.05, 4.69) is 5.32 Å². The average Bonchev–Trinajstić information content (AvgIpc) is 2.53. The van der Waals surface area contributed by atoms with Gasteiger partial charge in [-0.05, 0) is 18.6 Å². The molecule has 0 saturated carbocycles. The van der Waals surface area contributed by atoms with E-state index in [1.807, 2.05) is 13.1 Å². The van der Waals surface area contributed by atoms with Gasteiger partial charge in [-0.1, -0.05) is 0 Å². The van der Waals surface area contributed by atoms with E-state index in [1.165, 1.54) is 0 Å². The summed E-state index contributed by atoms with van der Waals surface area (Å²) >= 11 is 0. The lowest BCUT2D eigenvalue weighted by atomic mass is 10.3. The van der Waals surface area contributed by atoms with Gasteiger partial charge in [-0.25, -0.2) is 0 Å². The summed E-state index contributed by atoms with van der Waals surface area (Å²) in [5.41, 5.74) is 1.54. The molecule has 0 aliphatic carbocycles. The Balaban J connectivity index is 2.58. The summed E-state index contributed by atoms with van der Waals surface area (Å²) < 4.78 is 1.72. The maximum absolute atomic E-state index is 11.6. The Hall–Kier alpha value is -1.33. The Morgan fingerprint density at radius 1 is 1.67 bits per heavy atom. The van der Waals surface area contributed by atoms with Gasteiger partial charge in [-0.3, -0.25) is 4.79 Å². The Bertz CT molecular complexity index is 346. The maximum atomic E-state index is 11.6. The van der Waals surface area contributed by atoms with Gasteiger partial charge in [0, 0.05) is 19.8 Å². The number of nitrogens with one attached hydrogen (secondary N) is 1. The molecule has 1 aromatic heterocycles. The predicted octanol–water partition coefficient (Wildman–Crippen LogP) is -0.583. The second kappa shape index (κ2) is 4.95. The number of aromatic nitrogens is 1. The molecule has 1 amide bonds. The molecule has 1 heterocycles. The van der Waals surface area contributed by atoms with E-state index in [9.17, 15) is 4.79 Å². The number of carbonyl (C=O) groups excluding carboxylic acids is 1. The molecule has 1 atom stereocenters. The van der Waals surface area contributed by atoms with Crippen LogP contribution in [-0.2, 0) is 7.05 Å². The van der Waals surface area contributed by atoms with Crippen molar-refractivity contribution in [1.82, 2.24) is 9.88 Å². The number of hydrogen-bond donors (Lipinski definition) is 3. The van der Waals surface area contributed by atoms with Gasteiger partial charge in [-0.15, -0.1) is 0 Å². The summed E-state index contributed by atoms with van der Waals surface area (Å²) in [6, 6.07) is 1.76. The Morgan fingerprint density at radius 2 is 2.33 bits per heavy atom. The molecule has 1 aromatic rings. The molecule has 84 valence electrons. The number of aliphatic hydroxyl groups is 2. The first-order valence-electron chi connectivity index (χ1n) is 4.74. The summed E-state index contributed by atoms with van der Waals surface area (Å²) in [6.45, 7) is 1.60. The molecular weight excluding hydrogens is 196 g/mol. The minimum atomic E-state index is -0.907. The summed E-state index contributed by atoms with van der Waals surface area (Å²) in [4.78, 5) is 11.6. The van der Waals surface area contributed by atoms with Crippen molar-refractivity contribution in [2.45, 2.75) is 13.0 Å². The molecule has 3 N–H and O–H groups in total. The number of nitrogens with zero attached hydrogens (tertiary/aromatic N) is 1. The zero-order chi connectivity index (χ0) is 11.4. The van der Waals surface area contributed by atoms with Crippen molar-refractivity contribution in [3.63, 3.8) is 0 Å². The smallest absolute Gasteiger partial charge is 0.267 e. The zero-order valence-corrected chi connectivity index (χ0v) is 8.90. The lowest BCUT2D eigenvalue weighted by molar-refractivity contribution is 0.0796. The highest BCUT2D eigenvalue weighted by atomic mass is 16.3. The third-order valence-corrected chi connectivity index (χ3v) is 2.08. The first-order valence-corrected chi connectivity index (χ1v) is 4.74. The first kappa shape index (κ1) is 11.7. The molecule has 5 nitrogen and oxygen atoms in total. The van der Waals surface area contributed by atoms with Crippen LogP contribution in [0.2, 0.25) is 0 Å². The van der Waals surface area contributed by atoms with Crippen molar-refractivity contribution >= 4 is 5.91 Å². The lowest BCUT2D eigenvalue weighted by Gasteiger charge is -2.09. The number of rotatable bonds is 4. The second-order valence-electron chi connectivity index (χ2n) is 3.56. The molecule has 1 rings (SSSR count). The molecule has 0 bridgehead atoms. The molecule has 0 aliphatic rings. The first-order chi connectivity index (χ1) is 7.04. The highest BCUT2D eigenvalue weighted by Crippen LogP contribution is 2.05. The van der Waals surface area contributed by atoms with Crippen LogP contribution in [0.15, 0.2) is 12.3 Å². The second-order valence-corrected chi connectivity index (χ2v) is 3.56. The molecule has 15 heavy (non-hydrogen) atoms. The van der Waals surface area contributed by atoms with Gasteiger partial charge in [-0.2, -0.15) is 0 Å². The number of hydrogen-bond acceptors (Lipinski definition) is 3. The summed E-state index contributed by atoms with van der Waals surface area (Å²) in [6.07, 6.45) is 0.938. The third kappa shape index (κ3) is 3.07. The largest absolute Gasteiger partial charge is 0.394 e. The molecular formula is C10H16N2O3. The average molecular weight is 212 g/mol. The molecule has 0 unspecified atom stereocenters. The van der Waals surface area contributed by atoms with Crippen LogP contribution < -0.4 is 5.32 Å². The van der Waals surface area contributed by atoms with Crippen molar-refractivity contribution in [1.29, 1.82) is 0 Å². The Labute approximate surface area is 88.3 Å². The van der Waals surface area contributed by atoms with Crippen molar-refractivity contribution in [3.05, 3.63) is 23.5 Å². The zero-order valence-electron chi connectivity index (χ0n) is 8.90. The third-order valence-electron chi connectivity index (χ3n) is 2.08. The fraction of sp³-hybridized carbons (Fsp3) is 0.500. The predicted molar refractivity (Wildman–Crippen MR) is 55.6 cm³/mol. The number of amides is 1. The van der Waals surface area contributed by atoms with Crippen molar-refractivity contribution in [2.75, 3.05) is 13.2 Å². The summed E-state index contributed by atoms with van der Waals surface area (Å²) in [5, 5.41) is 20.2. The highest BCUT2D eigenvalue weighted by Gasteiger charge is 2.11. The maximum Gasteiger partial charge on any atom is 0.267 e. The molecule has 0 aliphatic heterocycles. The van der Waals surface area contributed by atoms with Crippen LogP contribution in [0.25, 0.3) is 0 Å². The number of aliphatic hydroxyl groups excluding tert-OH is 2. The monoisotopic (exact) mass is 212 g/mol. The van der Waals surface area contributed by atoms with Gasteiger partial charge in [0.1, 0.15) is 5.69 Å². The van der Waals surface area contributed by atoms with Crippen LogP contribution >= 0.6 is 0 Å². The van der Waals surface area contributed by atoms with E-state index in [0.717, 1.165) is 5.56 Å². The topological polar surface area (TPSA) is 74.5 Å². The summed E-state index contributed by atoms with van der Waals surface area (Å²) in [7, 11) is 1.78. The van der Waals surface area contributed by atoms with Gasteiger partial charge in [0.05, 0.1) is 12.7 Å². The standard InChI is InChI=1S/C10H16N2O3/c1-7-3-9(12(2)5-7)10(15)11-4-8(14)6-13/h3,5,8,13-14H,4,6H2,1-2H3,(H,11,15)/t8-/m0/s1. The van der Waals surface area contributed by atoms with Gasteiger partial charge >= 0.3 is 0 Å². The SMILES string of the molecule is Cc1cc(C(=O)NC[C@H](O)CO)n(C)c1. The van der Waals surface area contributed by atoms with E-state index in [0.29, 0.717) is 5.69 Å². The molecule has 0 spiro atoms.